The Kier molecular flexibility index (Phi) is 3.52. The molecule has 0 atom stereocenters. The van der Waals surface area contributed by atoms with Crippen molar-refractivity contribution in [2.24, 2.45) is 0 Å². The molecule has 92 valence electrons. The molecule has 0 unspecified atom stereocenters. The van der Waals surface area contributed by atoms with Crippen LogP contribution in [0, 0.1) is 6.92 Å². The van der Waals surface area contributed by atoms with Gasteiger partial charge in [0.25, 0.3) is 0 Å². The van der Waals surface area contributed by atoms with E-state index in [9.17, 15) is 4.79 Å². The quantitative estimate of drug-likeness (QED) is 0.744. The fourth-order valence-corrected chi connectivity index (χ4v) is 2.18. The lowest BCUT2D eigenvalue weighted by molar-refractivity contribution is 0.121. The highest BCUT2D eigenvalue weighted by Gasteiger charge is 2.21. The summed E-state index contributed by atoms with van der Waals surface area (Å²) in [6, 6.07) is 8.34. The maximum Gasteiger partial charge on any atom is 0.409 e. The summed E-state index contributed by atoms with van der Waals surface area (Å²) in [5.41, 5.74) is 2.54. The summed E-state index contributed by atoms with van der Waals surface area (Å²) in [6.07, 6.45) is -0.227. The van der Waals surface area contributed by atoms with Crippen LogP contribution in [0.15, 0.2) is 24.3 Å². The monoisotopic (exact) mass is 234 g/mol. The molecule has 1 fully saturated rings. The Bertz CT molecular complexity index is 398. The van der Waals surface area contributed by atoms with Crippen molar-refractivity contribution < 1.29 is 9.53 Å². The maximum absolute atomic E-state index is 11.4. The van der Waals surface area contributed by atoms with Gasteiger partial charge in [-0.3, -0.25) is 0 Å². The third-order valence-corrected chi connectivity index (χ3v) is 3.17. The van der Waals surface area contributed by atoms with Crippen molar-refractivity contribution in [2.75, 3.05) is 38.2 Å². The standard InChI is InChI=1S/C13H18N2O2/c1-11-5-3-4-6-12(11)14-7-9-15(10-8-14)13(16)17-2/h3-6H,7-10H2,1-2H3. The number of rotatable bonds is 1. The van der Waals surface area contributed by atoms with Gasteiger partial charge in [0.05, 0.1) is 7.11 Å². The van der Waals surface area contributed by atoms with E-state index < -0.39 is 0 Å². The Morgan fingerprint density at radius 2 is 1.82 bits per heavy atom. The zero-order valence-corrected chi connectivity index (χ0v) is 10.3. The lowest BCUT2D eigenvalue weighted by atomic mass is 10.1. The maximum atomic E-state index is 11.4. The molecule has 4 heteroatoms. The van der Waals surface area contributed by atoms with Crippen LogP contribution in [0.4, 0.5) is 10.5 Å². The van der Waals surface area contributed by atoms with Crippen molar-refractivity contribution in [3.8, 4) is 0 Å². The first-order chi connectivity index (χ1) is 8.22. The predicted molar refractivity (Wildman–Crippen MR) is 67.4 cm³/mol. The van der Waals surface area contributed by atoms with Crippen molar-refractivity contribution in [3.63, 3.8) is 0 Å². The van der Waals surface area contributed by atoms with Crippen molar-refractivity contribution in [1.29, 1.82) is 0 Å². The van der Waals surface area contributed by atoms with Crippen molar-refractivity contribution in [1.82, 2.24) is 4.90 Å². The number of ether oxygens (including phenoxy) is 1. The molecule has 2 rings (SSSR count). The summed E-state index contributed by atoms with van der Waals surface area (Å²) in [4.78, 5) is 15.4. The normalized spacial score (nSPS) is 15.9. The minimum atomic E-state index is -0.227. The lowest BCUT2D eigenvalue weighted by Crippen LogP contribution is -2.48. The van der Waals surface area contributed by atoms with Gasteiger partial charge in [0.15, 0.2) is 0 Å². The van der Waals surface area contributed by atoms with E-state index in [0.717, 1.165) is 26.2 Å². The fraction of sp³-hybridized carbons (Fsp3) is 0.462. The number of hydrogen-bond acceptors (Lipinski definition) is 3. The highest BCUT2D eigenvalue weighted by atomic mass is 16.5. The van der Waals surface area contributed by atoms with Crippen molar-refractivity contribution in [3.05, 3.63) is 29.8 Å². The molecule has 0 saturated carbocycles. The molecule has 4 nitrogen and oxygen atoms in total. The van der Waals surface area contributed by atoms with Gasteiger partial charge in [0, 0.05) is 31.9 Å². The fourth-order valence-electron chi connectivity index (χ4n) is 2.18. The second-order valence-corrected chi connectivity index (χ2v) is 4.23. The SMILES string of the molecule is COC(=O)N1CCN(c2ccccc2C)CC1. The van der Waals surface area contributed by atoms with E-state index in [1.165, 1.54) is 18.4 Å². The second kappa shape index (κ2) is 5.08. The number of amides is 1. The molecule has 0 radical (unpaired) electrons. The van der Waals surface area contributed by atoms with Crippen LogP contribution in [0.1, 0.15) is 5.56 Å². The summed E-state index contributed by atoms with van der Waals surface area (Å²) in [5, 5.41) is 0. The second-order valence-electron chi connectivity index (χ2n) is 4.23. The van der Waals surface area contributed by atoms with E-state index in [2.05, 4.69) is 30.0 Å². The van der Waals surface area contributed by atoms with Gasteiger partial charge in [-0.05, 0) is 18.6 Å². The van der Waals surface area contributed by atoms with Crippen LogP contribution < -0.4 is 4.90 Å². The molecule has 1 aliphatic rings. The molecule has 1 saturated heterocycles. The number of benzene rings is 1. The third-order valence-electron chi connectivity index (χ3n) is 3.17. The number of para-hydroxylation sites is 1. The van der Waals surface area contributed by atoms with E-state index in [-0.39, 0.29) is 6.09 Å². The largest absolute Gasteiger partial charge is 0.453 e. The molecule has 1 aromatic rings. The molecule has 17 heavy (non-hydrogen) atoms. The van der Waals surface area contributed by atoms with Gasteiger partial charge < -0.3 is 14.5 Å². The molecule has 1 heterocycles. The molecule has 0 spiro atoms. The van der Waals surface area contributed by atoms with E-state index in [0.29, 0.717) is 0 Å². The summed E-state index contributed by atoms with van der Waals surface area (Å²) in [7, 11) is 1.43. The molecule has 0 bridgehead atoms. The van der Waals surface area contributed by atoms with Crippen LogP contribution >= 0.6 is 0 Å². The zero-order chi connectivity index (χ0) is 12.3. The molecular formula is C13H18N2O2. The first-order valence-electron chi connectivity index (χ1n) is 5.86. The topological polar surface area (TPSA) is 32.8 Å². The molecular weight excluding hydrogens is 216 g/mol. The summed E-state index contributed by atoms with van der Waals surface area (Å²) in [6.45, 7) is 5.28. The first kappa shape index (κ1) is 11.8. The van der Waals surface area contributed by atoms with Gasteiger partial charge in [-0.2, -0.15) is 0 Å². The van der Waals surface area contributed by atoms with Gasteiger partial charge in [-0.15, -0.1) is 0 Å². The first-order valence-corrected chi connectivity index (χ1v) is 5.86. The van der Waals surface area contributed by atoms with Crippen LogP contribution in [0.25, 0.3) is 0 Å². The van der Waals surface area contributed by atoms with Gasteiger partial charge in [-0.1, -0.05) is 18.2 Å². The number of carbonyl (C=O) groups excluding carboxylic acids is 1. The Balaban J connectivity index is 2.00. The smallest absolute Gasteiger partial charge is 0.409 e. The van der Waals surface area contributed by atoms with Crippen LogP contribution in [-0.2, 0) is 4.74 Å². The number of nitrogens with zero attached hydrogens (tertiary/aromatic N) is 2. The molecule has 0 N–H and O–H groups in total. The van der Waals surface area contributed by atoms with Crippen molar-refractivity contribution in [2.45, 2.75) is 6.92 Å². The minimum absolute atomic E-state index is 0.227. The number of methoxy groups -OCH3 is 1. The zero-order valence-electron chi connectivity index (χ0n) is 10.3. The van der Waals surface area contributed by atoms with Crippen molar-refractivity contribution >= 4 is 11.8 Å². The van der Waals surface area contributed by atoms with Crippen LogP contribution in [0.3, 0.4) is 0 Å². The van der Waals surface area contributed by atoms with Crippen LogP contribution in [0.5, 0.6) is 0 Å². The molecule has 1 amide bonds. The molecule has 1 aromatic carbocycles. The summed E-state index contributed by atoms with van der Waals surface area (Å²) < 4.78 is 4.72. The van der Waals surface area contributed by atoms with Gasteiger partial charge in [-0.25, -0.2) is 4.79 Å². The minimum Gasteiger partial charge on any atom is -0.453 e. The third kappa shape index (κ3) is 2.52. The average Bonchev–Trinajstić information content (AvgIpc) is 2.39. The average molecular weight is 234 g/mol. The van der Waals surface area contributed by atoms with E-state index in [1.54, 1.807) is 4.90 Å². The Morgan fingerprint density at radius 1 is 1.18 bits per heavy atom. The number of carbonyl (C=O) groups is 1. The lowest BCUT2D eigenvalue weighted by Gasteiger charge is -2.35. The van der Waals surface area contributed by atoms with Crippen LogP contribution in [0.2, 0.25) is 0 Å². The van der Waals surface area contributed by atoms with E-state index >= 15 is 0 Å². The molecule has 0 aromatic heterocycles. The number of aryl methyl sites for hydroxylation is 1. The number of piperazine rings is 1. The van der Waals surface area contributed by atoms with Gasteiger partial charge in [0.1, 0.15) is 0 Å². The van der Waals surface area contributed by atoms with E-state index in [4.69, 9.17) is 4.74 Å². The van der Waals surface area contributed by atoms with Gasteiger partial charge >= 0.3 is 6.09 Å². The number of hydrogen-bond donors (Lipinski definition) is 0. The summed E-state index contributed by atoms with van der Waals surface area (Å²) >= 11 is 0. The van der Waals surface area contributed by atoms with Gasteiger partial charge in [0.2, 0.25) is 0 Å². The molecule has 0 aliphatic carbocycles. The highest BCUT2D eigenvalue weighted by Crippen LogP contribution is 2.20. The van der Waals surface area contributed by atoms with E-state index in [1.807, 2.05) is 6.07 Å². The molecule has 1 aliphatic heterocycles. The Labute approximate surface area is 102 Å². The van der Waals surface area contributed by atoms with Crippen LogP contribution in [-0.4, -0.2) is 44.3 Å². The highest BCUT2D eigenvalue weighted by molar-refractivity contribution is 5.68. The Morgan fingerprint density at radius 3 is 2.41 bits per heavy atom. The Hall–Kier alpha value is -1.71. The predicted octanol–water partition coefficient (Wildman–Crippen LogP) is 1.88. The summed E-state index contributed by atoms with van der Waals surface area (Å²) in [5.74, 6) is 0. The number of anilines is 1.